The van der Waals surface area contributed by atoms with Gasteiger partial charge in [-0.1, -0.05) is 29.8 Å². The molecule has 0 bridgehead atoms. The van der Waals surface area contributed by atoms with E-state index in [9.17, 15) is 9.18 Å². The lowest BCUT2D eigenvalue weighted by Crippen LogP contribution is -2.35. The Balaban J connectivity index is 2.28. The minimum atomic E-state index is -0.329. The molecule has 2 rings (SSSR count). The number of carbonyl (C=O) groups is 1. The van der Waals surface area contributed by atoms with Crippen LogP contribution in [0.4, 0.5) is 10.1 Å². The van der Waals surface area contributed by atoms with Gasteiger partial charge in [-0.25, -0.2) is 4.39 Å². The van der Waals surface area contributed by atoms with Crippen LogP contribution in [0.25, 0.3) is 0 Å². The maximum atomic E-state index is 13.0. The molecule has 0 atom stereocenters. The molecule has 3 nitrogen and oxygen atoms in total. The summed E-state index contributed by atoms with van der Waals surface area (Å²) in [6, 6.07) is 13.7. The van der Waals surface area contributed by atoms with Crippen molar-refractivity contribution in [2.75, 3.05) is 11.4 Å². The number of hydrogen-bond donors (Lipinski definition) is 1. The highest BCUT2D eigenvalue weighted by Gasteiger charge is 2.14. The van der Waals surface area contributed by atoms with Gasteiger partial charge in [-0.2, -0.15) is 0 Å². The van der Waals surface area contributed by atoms with Crippen LogP contribution in [0.3, 0.4) is 0 Å². The summed E-state index contributed by atoms with van der Waals surface area (Å²) < 4.78 is 13.0. The predicted molar refractivity (Wildman–Crippen MR) is 77.8 cm³/mol. The van der Waals surface area contributed by atoms with Crippen molar-refractivity contribution >= 4 is 11.6 Å². The smallest absolute Gasteiger partial charge is 0.241 e. The second kappa shape index (κ2) is 6.30. The summed E-state index contributed by atoms with van der Waals surface area (Å²) in [5.41, 5.74) is 8.24. The molecule has 0 fully saturated rings. The third-order valence-corrected chi connectivity index (χ3v) is 3.04. The number of anilines is 1. The Morgan fingerprint density at radius 3 is 2.50 bits per heavy atom. The lowest BCUT2D eigenvalue weighted by Gasteiger charge is -2.22. The first-order valence-corrected chi connectivity index (χ1v) is 6.41. The molecule has 2 aromatic carbocycles. The Morgan fingerprint density at radius 2 is 1.90 bits per heavy atom. The molecule has 0 aromatic heterocycles. The highest BCUT2D eigenvalue weighted by Crippen LogP contribution is 2.18. The SMILES string of the molecule is Cc1cccc(CN(C(=O)CN)c2ccc(F)cc2)c1. The van der Waals surface area contributed by atoms with Crippen molar-refractivity contribution in [2.45, 2.75) is 13.5 Å². The zero-order valence-electron chi connectivity index (χ0n) is 11.3. The molecule has 1 amide bonds. The fourth-order valence-corrected chi connectivity index (χ4v) is 2.05. The van der Waals surface area contributed by atoms with Crippen molar-refractivity contribution in [3.63, 3.8) is 0 Å². The third-order valence-electron chi connectivity index (χ3n) is 3.04. The van der Waals surface area contributed by atoms with E-state index >= 15 is 0 Å². The summed E-state index contributed by atoms with van der Waals surface area (Å²) in [5, 5.41) is 0. The molecule has 0 saturated heterocycles. The van der Waals surface area contributed by atoms with Gasteiger partial charge in [0.25, 0.3) is 0 Å². The quantitative estimate of drug-likeness (QED) is 0.930. The van der Waals surface area contributed by atoms with Crippen molar-refractivity contribution in [1.29, 1.82) is 0 Å². The first kappa shape index (κ1) is 14.2. The summed E-state index contributed by atoms with van der Waals surface area (Å²) in [6.45, 7) is 2.34. The minimum absolute atomic E-state index is 0.0802. The van der Waals surface area contributed by atoms with Crippen LogP contribution in [0.15, 0.2) is 48.5 Å². The maximum Gasteiger partial charge on any atom is 0.241 e. The highest BCUT2D eigenvalue weighted by atomic mass is 19.1. The zero-order valence-corrected chi connectivity index (χ0v) is 11.3. The van der Waals surface area contributed by atoms with E-state index in [1.165, 1.54) is 12.1 Å². The Kier molecular flexibility index (Phi) is 4.48. The van der Waals surface area contributed by atoms with E-state index in [-0.39, 0.29) is 18.3 Å². The molecule has 4 heteroatoms. The van der Waals surface area contributed by atoms with Crippen LogP contribution in [0, 0.1) is 12.7 Å². The van der Waals surface area contributed by atoms with Gasteiger partial charge >= 0.3 is 0 Å². The van der Waals surface area contributed by atoms with Gasteiger partial charge in [-0.3, -0.25) is 4.79 Å². The van der Waals surface area contributed by atoms with Crippen molar-refractivity contribution in [2.24, 2.45) is 5.73 Å². The Morgan fingerprint density at radius 1 is 1.20 bits per heavy atom. The average molecular weight is 272 g/mol. The Hall–Kier alpha value is -2.20. The van der Waals surface area contributed by atoms with Crippen molar-refractivity contribution in [1.82, 2.24) is 0 Å². The number of amides is 1. The summed E-state index contributed by atoms with van der Waals surface area (Å²) in [6.07, 6.45) is 0. The fraction of sp³-hybridized carbons (Fsp3) is 0.188. The number of rotatable bonds is 4. The molecular formula is C16H17FN2O. The summed E-state index contributed by atoms with van der Waals surface area (Å²) in [4.78, 5) is 13.6. The van der Waals surface area contributed by atoms with Gasteiger partial charge in [0.05, 0.1) is 13.1 Å². The average Bonchev–Trinajstić information content (AvgIpc) is 2.45. The third kappa shape index (κ3) is 3.42. The van der Waals surface area contributed by atoms with Gasteiger partial charge < -0.3 is 10.6 Å². The number of nitrogens with two attached hydrogens (primary N) is 1. The number of nitrogens with zero attached hydrogens (tertiary/aromatic N) is 1. The van der Waals surface area contributed by atoms with Crippen LogP contribution in [-0.2, 0) is 11.3 Å². The van der Waals surface area contributed by atoms with Crippen LogP contribution < -0.4 is 10.6 Å². The standard InChI is InChI=1S/C16H17FN2O/c1-12-3-2-4-13(9-12)11-19(16(20)10-18)15-7-5-14(17)6-8-15/h2-9H,10-11,18H2,1H3. The molecule has 0 radical (unpaired) electrons. The Labute approximate surface area is 117 Å². The van der Waals surface area contributed by atoms with E-state index in [1.807, 2.05) is 31.2 Å². The van der Waals surface area contributed by atoms with Gasteiger partial charge in [-0.05, 0) is 36.8 Å². The molecule has 0 unspecified atom stereocenters. The monoisotopic (exact) mass is 272 g/mol. The first-order valence-electron chi connectivity index (χ1n) is 6.41. The van der Waals surface area contributed by atoms with Crippen molar-refractivity contribution in [3.05, 3.63) is 65.5 Å². The predicted octanol–water partition coefficient (Wildman–Crippen LogP) is 2.63. The van der Waals surface area contributed by atoms with Crippen molar-refractivity contribution < 1.29 is 9.18 Å². The lowest BCUT2D eigenvalue weighted by atomic mass is 10.1. The second-order valence-electron chi connectivity index (χ2n) is 4.65. The van der Waals surface area contributed by atoms with Crippen LogP contribution >= 0.6 is 0 Å². The number of benzene rings is 2. The number of halogens is 1. The van der Waals surface area contributed by atoms with Crippen LogP contribution in [0.1, 0.15) is 11.1 Å². The van der Waals surface area contributed by atoms with E-state index in [2.05, 4.69) is 0 Å². The van der Waals surface area contributed by atoms with E-state index in [1.54, 1.807) is 17.0 Å². The molecule has 20 heavy (non-hydrogen) atoms. The summed E-state index contributed by atoms with van der Waals surface area (Å²) in [5.74, 6) is -0.525. The van der Waals surface area contributed by atoms with E-state index < -0.39 is 0 Å². The molecule has 0 heterocycles. The van der Waals surface area contributed by atoms with Gasteiger partial charge in [0.15, 0.2) is 0 Å². The Bertz CT molecular complexity index is 596. The molecule has 0 saturated carbocycles. The molecule has 104 valence electrons. The highest BCUT2D eigenvalue weighted by molar-refractivity contribution is 5.94. The molecular weight excluding hydrogens is 255 g/mol. The van der Waals surface area contributed by atoms with Gasteiger partial charge in [0.2, 0.25) is 5.91 Å². The zero-order chi connectivity index (χ0) is 14.5. The van der Waals surface area contributed by atoms with Crippen LogP contribution in [0.5, 0.6) is 0 Å². The molecule has 2 N–H and O–H groups in total. The number of carbonyl (C=O) groups excluding carboxylic acids is 1. The summed E-state index contributed by atoms with van der Waals surface area (Å²) >= 11 is 0. The summed E-state index contributed by atoms with van der Waals surface area (Å²) in [7, 11) is 0. The first-order chi connectivity index (χ1) is 9.60. The second-order valence-corrected chi connectivity index (χ2v) is 4.65. The minimum Gasteiger partial charge on any atom is -0.322 e. The molecule has 0 aliphatic carbocycles. The molecule has 0 spiro atoms. The topological polar surface area (TPSA) is 46.3 Å². The van der Waals surface area contributed by atoms with E-state index in [4.69, 9.17) is 5.73 Å². The van der Waals surface area contributed by atoms with Crippen molar-refractivity contribution in [3.8, 4) is 0 Å². The van der Waals surface area contributed by atoms with Gasteiger partial charge in [0.1, 0.15) is 5.82 Å². The van der Waals surface area contributed by atoms with E-state index in [0.717, 1.165) is 11.1 Å². The van der Waals surface area contributed by atoms with Gasteiger partial charge in [-0.15, -0.1) is 0 Å². The van der Waals surface area contributed by atoms with Crippen LogP contribution in [-0.4, -0.2) is 12.5 Å². The van der Waals surface area contributed by atoms with Crippen LogP contribution in [0.2, 0.25) is 0 Å². The fourth-order valence-electron chi connectivity index (χ4n) is 2.05. The molecule has 0 aliphatic heterocycles. The molecule has 0 aliphatic rings. The number of hydrogen-bond acceptors (Lipinski definition) is 2. The molecule has 2 aromatic rings. The van der Waals surface area contributed by atoms with E-state index in [0.29, 0.717) is 12.2 Å². The largest absolute Gasteiger partial charge is 0.322 e. The van der Waals surface area contributed by atoms with Gasteiger partial charge in [0, 0.05) is 5.69 Å². The normalized spacial score (nSPS) is 10.3. The number of aryl methyl sites for hydroxylation is 1. The maximum absolute atomic E-state index is 13.0. The lowest BCUT2D eigenvalue weighted by molar-refractivity contribution is -0.117.